The molecule has 0 aliphatic heterocycles. The van der Waals surface area contributed by atoms with Gasteiger partial charge in [-0.25, -0.2) is 4.98 Å². The van der Waals surface area contributed by atoms with E-state index in [1.807, 2.05) is 6.20 Å². The van der Waals surface area contributed by atoms with Crippen LogP contribution in [0.1, 0.15) is 154 Å². The first-order valence-electron chi connectivity index (χ1n) is 13.8. The van der Waals surface area contributed by atoms with Gasteiger partial charge in [-0.05, 0) is 25.2 Å². The van der Waals surface area contributed by atoms with Gasteiger partial charge in [-0.15, -0.1) is 17.0 Å². The Morgan fingerprint density at radius 2 is 1.29 bits per heavy atom. The van der Waals surface area contributed by atoms with E-state index in [1.54, 1.807) is 0 Å². The van der Waals surface area contributed by atoms with Crippen molar-refractivity contribution in [3.05, 3.63) is 18.2 Å². The molecule has 1 aliphatic carbocycles. The van der Waals surface area contributed by atoms with Crippen LogP contribution in [0.5, 0.6) is 0 Å². The highest BCUT2D eigenvalue weighted by Gasteiger charge is 2.23. The molecular weight excluding hydrogens is 444 g/mol. The summed E-state index contributed by atoms with van der Waals surface area (Å²) in [6.07, 6.45) is 32.8. The van der Waals surface area contributed by atoms with Crippen LogP contribution in [-0.2, 0) is 6.54 Å². The van der Waals surface area contributed by atoms with E-state index >= 15 is 0 Å². The van der Waals surface area contributed by atoms with Gasteiger partial charge in [0.25, 0.3) is 0 Å². The lowest BCUT2D eigenvalue weighted by molar-refractivity contribution is 0.328. The van der Waals surface area contributed by atoms with Crippen LogP contribution in [0.3, 0.4) is 0 Å². The van der Waals surface area contributed by atoms with Gasteiger partial charge >= 0.3 is 0 Å². The molecule has 0 saturated heterocycles. The monoisotopic (exact) mass is 496 g/mol. The topological polar surface area (TPSA) is 17.8 Å². The average molecular weight is 498 g/mol. The number of imidazole rings is 1. The Bertz CT molecular complexity index is 513. The van der Waals surface area contributed by atoms with Gasteiger partial charge in [0.05, 0.1) is 0 Å². The molecule has 1 heterocycles. The molecule has 0 amide bonds. The number of hydrogen-bond donors (Lipinski definition) is 0. The van der Waals surface area contributed by atoms with Gasteiger partial charge in [0, 0.05) is 24.9 Å². The number of aryl methyl sites for hydroxylation is 1. The van der Waals surface area contributed by atoms with E-state index < -0.39 is 0 Å². The van der Waals surface area contributed by atoms with Crippen LogP contribution in [0.15, 0.2) is 12.4 Å². The first kappa shape index (κ1) is 28.7. The predicted molar refractivity (Wildman–Crippen MR) is 142 cm³/mol. The summed E-state index contributed by atoms with van der Waals surface area (Å²) >= 11 is 0. The maximum atomic E-state index is 4.73. The normalized spacial score (nSPS) is 18.8. The van der Waals surface area contributed by atoms with Gasteiger partial charge in [0.1, 0.15) is 5.82 Å². The van der Waals surface area contributed by atoms with Crippen molar-refractivity contribution in [1.82, 2.24) is 9.55 Å². The van der Waals surface area contributed by atoms with E-state index in [0.717, 1.165) is 5.92 Å². The number of rotatable bonds is 18. The second-order valence-electron chi connectivity index (χ2n) is 10.3. The Hall–Kier alpha value is -0.310. The molecule has 2 rings (SSSR count). The third-order valence-corrected chi connectivity index (χ3v) is 7.30. The summed E-state index contributed by atoms with van der Waals surface area (Å²) in [5, 5.41) is 0. The highest BCUT2D eigenvalue weighted by atomic mass is 79.9. The molecule has 1 aromatic heterocycles. The molecule has 0 N–H and O–H groups in total. The molecule has 1 aliphatic rings. The van der Waals surface area contributed by atoms with Crippen LogP contribution < -0.4 is 0 Å². The smallest absolute Gasteiger partial charge is 0.111 e. The maximum absolute atomic E-state index is 4.73. The molecule has 0 radical (unpaired) electrons. The van der Waals surface area contributed by atoms with Crippen LogP contribution in [0.2, 0.25) is 0 Å². The summed E-state index contributed by atoms with van der Waals surface area (Å²) in [5.41, 5.74) is 0. The van der Waals surface area contributed by atoms with Crippen LogP contribution in [0.4, 0.5) is 0 Å². The van der Waals surface area contributed by atoms with Crippen molar-refractivity contribution in [2.45, 2.75) is 155 Å². The fraction of sp³-hybridized carbons (Fsp3) is 0.893. The summed E-state index contributed by atoms with van der Waals surface area (Å²) in [4.78, 5) is 4.73. The molecule has 31 heavy (non-hydrogen) atoms. The zero-order valence-corrected chi connectivity index (χ0v) is 22.7. The molecule has 182 valence electrons. The minimum atomic E-state index is 0. The van der Waals surface area contributed by atoms with Crippen LogP contribution in [-0.4, -0.2) is 9.55 Å². The first-order chi connectivity index (χ1) is 14.8. The lowest BCUT2D eigenvalue weighted by Gasteiger charge is -2.26. The number of hydrogen-bond acceptors (Lipinski definition) is 1. The molecule has 3 heteroatoms. The zero-order chi connectivity index (χ0) is 21.3. The van der Waals surface area contributed by atoms with Gasteiger partial charge in [0.15, 0.2) is 0 Å². The van der Waals surface area contributed by atoms with Crippen molar-refractivity contribution in [1.29, 1.82) is 0 Å². The molecule has 0 bridgehead atoms. The van der Waals surface area contributed by atoms with Crippen molar-refractivity contribution in [2.24, 2.45) is 5.92 Å². The van der Waals surface area contributed by atoms with Crippen molar-refractivity contribution in [2.75, 3.05) is 0 Å². The van der Waals surface area contributed by atoms with Crippen LogP contribution in [0.25, 0.3) is 0 Å². The Labute approximate surface area is 205 Å². The standard InChI is InChI=1S/C28H52N2.BrH/c1-3-4-5-6-7-8-9-10-11-12-13-14-15-16-17-18-23-30-24-22-29-28(30)27-21-19-20-26(2)25-27;/h22,24,26-27H,3-21,23,25H2,1-2H3;1H. The Morgan fingerprint density at radius 1 is 0.774 bits per heavy atom. The van der Waals surface area contributed by atoms with Gasteiger partial charge in [-0.3, -0.25) is 0 Å². The van der Waals surface area contributed by atoms with Crippen molar-refractivity contribution < 1.29 is 0 Å². The Balaban J connectivity index is 0.00000480. The molecule has 1 aromatic rings. The number of unbranched alkanes of at least 4 members (excludes halogenated alkanes) is 15. The fourth-order valence-electron chi connectivity index (χ4n) is 5.37. The van der Waals surface area contributed by atoms with Crippen molar-refractivity contribution in [3.8, 4) is 0 Å². The van der Waals surface area contributed by atoms with Gasteiger partial charge in [0.2, 0.25) is 0 Å². The lowest BCUT2D eigenvalue weighted by atomic mass is 9.82. The fourth-order valence-corrected chi connectivity index (χ4v) is 5.37. The van der Waals surface area contributed by atoms with Crippen LogP contribution in [0, 0.1) is 5.92 Å². The summed E-state index contributed by atoms with van der Waals surface area (Å²) < 4.78 is 2.46. The average Bonchev–Trinajstić information content (AvgIpc) is 3.22. The third-order valence-electron chi connectivity index (χ3n) is 7.30. The van der Waals surface area contributed by atoms with Gasteiger partial charge in [-0.2, -0.15) is 0 Å². The number of aromatic nitrogens is 2. The second kappa shape index (κ2) is 19.2. The minimum absolute atomic E-state index is 0. The lowest BCUT2D eigenvalue weighted by Crippen LogP contribution is -2.16. The van der Waals surface area contributed by atoms with Crippen LogP contribution >= 0.6 is 17.0 Å². The quantitative estimate of drug-likeness (QED) is 0.185. The molecule has 1 fully saturated rings. The molecule has 1 saturated carbocycles. The van der Waals surface area contributed by atoms with Gasteiger partial charge in [-0.1, -0.05) is 123 Å². The summed E-state index contributed by atoms with van der Waals surface area (Å²) in [7, 11) is 0. The van der Waals surface area contributed by atoms with E-state index in [9.17, 15) is 0 Å². The molecule has 0 aromatic carbocycles. The molecule has 2 nitrogen and oxygen atoms in total. The first-order valence-corrected chi connectivity index (χ1v) is 13.8. The highest BCUT2D eigenvalue weighted by Crippen LogP contribution is 2.35. The summed E-state index contributed by atoms with van der Waals surface area (Å²) in [6.45, 7) is 5.89. The van der Waals surface area contributed by atoms with Gasteiger partial charge < -0.3 is 4.57 Å². The number of halogens is 1. The Kier molecular flexibility index (Phi) is 17.8. The molecule has 2 unspecified atom stereocenters. The predicted octanol–water partition coefficient (Wildman–Crippen LogP) is 10.0. The van der Waals surface area contributed by atoms with E-state index in [2.05, 4.69) is 24.6 Å². The summed E-state index contributed by atoms with van der Waals surface area (Å²) in [5.74, 6) is 2.97. The van der Waals surface area contributed by atoms with E-state index in [0.29, 0.717) is 5.92 Å². The second-order valence-corrected chi connectivity index (χ2v) is 10.3. The molecule has 0 spiro atoms. The van der Waals surface area contributed by atoms with E-state index in [-0.39, 0.29) is 17.0 Å². The van der Waals surface area contributed by atoms with Crippen molar-refractivity contribution in [3.63, 3.8) is 0 Å². The SMILES string of the molecule is Br.CCCCCCCCCCCCCCCCCCn1ccnc1C1CCCC(C)C1. The maximum Gasteiger partial charge on any atom is 0.111 e. The third kappa shape index (κ3) is 13.1. The van der Waals surface area contributed by atoms with Crippen molar-refractivity contribution >= 4 is 17.0 Å². The summed E-state index contributed by atoms with van der Waals surface area (Å²) in [6, 6.07) is 0. The van der Waals surface area contributed by atoms with E-state index in [1.165, 1.54) is 141 Å². The number of nitrogens with zero attached hydrogens (tertiary/aromatic N) is 2. The largest absolute Gasteiger partial charge is 0.335 e. The minimum Gasteiger partial charge on any atom is -0.335 e. The van der Waals surface area contributed by atoms with E-state index in [4.69, 9.17) is 4.98 Å². The molecular formula is C28H53BrN2. The highest BCUT2D eigenvalue weighted by molar-refractivity contribution is 8.93. The Morgan fingerprint density at radius 3 is 1.81 bits per heavy atom. The molecule has 2 atom stereocenters. The zero-order valence-electron chi connectivity index (χ0n) is 21.0.